The Balaban J connectivity index is 2.64. The second kappa shape index (κ2) is 14.1. The molecule has 0 bridgehead atoms. The first kappa shape index (κ1) is 25.1. The van der Waals surface area contributed by atoms with Gasteiger partial charge in [-0.1, -0.05) is 88.6 Å². The molecule has 0 aliphatic rings. The number of rotatable bonds is 15. The smallest absolute Gasteiger partial charge is 0.321 e. The van der Waals surface area contributed by atoms with Crippen LogP contribution in [0.5, 0.6) is 0 Å². The zero-order chi connectivity index (χ0) is 21.5. The van der Waals surface area contributed by atoms with E-state index in [4.69, 9.17) is 9.73 Å². The Bertz CT molecular complexity index is 635. The molecule has 0 saturated carbocycles. The van der Waals surface area contributed by atoms with Gasteiger partial charge in [-0.2, -0.15) is 0 Å². The molecule has 1 atom stereocenters. The van der Waals surface area contributed by atoms with E-state index >= 15 is 0 Å². The maximum atomic E-state index is 12.8. The molecule has 0 aliphatic heterocycles. The highest BCUT2D eigenvalue weighted by Gasteiger charge is 2.40. The first-order chi connectivity index (χ1) is 14.0. The number of nitrogens with zero attached hydrogens (tertiary/aromatic N) is 1. The van der Waals surface area contributed by atoms with Gasteiger partial charge in [-0.3, -0.25) is 9.79 Å². The Morgan fingerprint density at radius 1 is 0.966 bits per heavy atom. The van der Waals surface area contributed by atoms with Crippen molar-refractivity contribution in [1.82, 2.24) is 0 Å². The van der Waals surface area contributed by atoms with Gasteiger partial charge >= 0.3 is 5.97 Å². The maximum Gasteiger partial charge on any atom is 0.321 e. The second-order valence-corrected chi connectivity index (χ2v) is 8.06. The van der Waals surface area contributed by atoms with Crippen molar-refractivity contribution in [1.29, 1.82) is 0 Å². The number of carbonyl (C=O) groups excluding carboxylic acids is 1. The van der Waals surface area contributed by atoms with Crippen LogP contribution in [0.1, 0.15) is 91.9 Å². The van der Waals surface area contributed by atoms with Gasteiger partial charge < -0.3 is 4.74 Å². The molecule has 0 N–H and O–H groups in total. The molecule has 3 nitrogen and oxygen atoms in total. The fraction of sp³-hybridized carbons (Fsp3) is 0.615. The zero-order valence-electron chi connectivity index (χ0n) is 19.1. The Labute approximate surface area is 178 Å². The van der Waals surface area contributed by atoms with Crippen molar-refractivity contribution >= 4 is 17.4 Å². The van der Waals surface area contributed by atoms with E-state index in [-0.39, 0.29) is 5.97 Å². The molecule has 0 aliphatic carbocycles. The Hall–Kier alpha value is -1.90. The molecule has 3 heteroatoms. The monoisotopic (exact) mass is 399 g/mol. The number of para-hydroxylation sites is 1. The highest BCUT2D eigenvalue weighted by atomic mass is 16.5. The van der Waals surface area contributed by atoms with Crippen LogP contribution in [0.4, 0.5) is 5.69 Å². The fourth-order valence-corrected chi connectivity index (χ4v) is 3.53. The summed E-state index contributed by atoms with van der Waals surface area (Å²) in [6.45, 7) is 12.5. The highest BCUT2D eigenvalue weighted by Crippen LogP contribution is 2.34. The molecular weight excluding hydrogens is 358 g/mol. The summed E-state index contributed by atoms with van der Waals surface area (Å²) in [6, 6.07) is 9.74. The molecule has 0 saturated heterocycles. The third kappa shape index (κ3) is 8.55. The molecule has 29 heavy (non-hydrogen) atoms. The summed E-state index contributed by atoms with van der Waals surface area (Å²) >= 11 is 0. The van der Waals surface area contributed by atoms with Crippen LogP contribution >= 0.6 is 0 Å². The van der Waals surface area contributed by atoms with Gasteiger partial charge in [-0.15, -0.1) is 0 Å². The SMILES string of the molecule is C=C(CCCCCCCCCCC)C(C)(C(=O)OCC)C(C)=Nc1ccccc1. The normalized spacial score (nSPS) is 13.7. The number of benzene rings is 1. The van der Waals surface area contributed by atoms with E-state index in [1.807, 2.05) is 51.1 Å². The molecule has 162 valence electrons. The van der Waals surface area contributed by atoms with Gasteiger partial charge in [-0.05, 0) is 45.7 Å². The number of carbonyl (C=O) groups is 1. The summed E-state index contributed by atoms with van der Waals surface area (Å²) in [5.41, 5.74) is 1.60. The minimum Gasteiger partial charge on any atom is -0.465 e. The summed E-state index contributed by atoms with van der Waals surface area (Å²) in [6.07, 6.45) is 12.3. The fourth-order valence-electron chi connectivity index (χ4n) is 3.53. The van der Waals surface area contributed by atoms with Crippen LogP contribution in [0.15, 0.2) is 47.5 Å². The van der Waals surface area contributed by atoms with E-state index in [1.54, 1.807) is 0 Å². The van der Waals surface area contributed by atoms with Crippen molar-refractivity contribution in [2.24, 2.45) is 10.4 Å². The predicted molar refractivity (Wildman–Crippen MR) is 125 cm³/mol. The quantitative estimate of drug-likeness (QED) is 0.130. The number of hydrogen-bond acceptors (Lipinski definition) is 3. The van der Waals surface area contributed by atoms with Crippen LogP contribution in [0.3, 0.4) is 0 Å². The van der Waals surface area contributed by atoms with Crippen LogP contribution in [0.25, 0.3) is 0 Å². The van der Waals surface area contributed by atoms with E-state index in [1.165, 1.54) is 51.4 Å². The summed E-state index contributed by atoms with van der Waals surface area (Å²) in [4.78, 5) is 17.5. The number of ether oxygens (including phenoxy) is 1. The standard InChI is InChI=1S/C26H41NO2/c1-6-8-9-10-11-12-13-14-16-19-22(3)26(5,25(28)29-7-2)23(4)27-24-20-17-15-18-21-24/h15,17-18,20-21H,3,6-14,16,19H2,1-2,4-5H3. The van der Waals surface area contributed by atoms with E-state index in [9.17, 15) is 4.79 Å². The summed E-state index contributed by atoms with van der Waals surface area (Å²) < 4.78 is 5.40. The van der Waals surface area contributed by atoms with Gasteiger partial charge in [0.1, 0.15) is 5.41 Å². The number of hydrogen-bond donors (Lipinski definition) is 0. The molecule has 1 aromatic carbocycles. The number of aliphatic imine (C=N–C) groups is 1. The van der Waals surface area contributed by atoms with Crippen molar-refractivity contribution < 1.29 is 9.53 Å². The second-order valence-electron chi connectivity index (χ2n) is 8.06. The summed E-state index contributed by atoms with van der Waals surface area (Å²) in [7, 11) is 0. The largest absolute Gasteiger partial charge is 0.465 e. The average molecular weight is 400 g/mol. The van der Waals surface area contributed by atoms with Crippen molar-refractivity contribution in [3.05, 3.63) is 42.5 Å². The third-order valence-electron chi connectivity index (χ3n) is 5.75. The molecule has 0 spiro atoms. The number of unbranched alkanes of at least 4 members (excludes halogenated alkanes) is 8. The molecule has 0 amide bonds. The maximum absolute atomic E-state index is 12.8. The highest BCUT2D eigenvalue weighted by molar-refractivity contribution is 6.09. The van der Waals surface area contributed by atoms with E-state index in [0.29, 0.717) is 6.61 Å². The molecule has 0 aromatic heterocycles. The van der Waals surface area contributed by atoms with Gasteiger partial charge in [0.05, 0.1) is 12.3 Å². The lowest BCUT2D eigenvalue weighted by Gasteiger charge is -2.30. The van der Waals surface area contributed by atoms with E-state index < -0.39 is 5.41 Å². The van der Waals surface area contributed by atoms with Crippen molar-refractivity contribution in [2.75, 3.05) is 6.61 Å². The first-order valence-corrected chi connectivity index (χ1v) is 11.4. The lowest BCUT2D eigenvalue weighted by molar-refractivity contribution is -0.148. The molecule has 0 heterocycles. The van der Waals surface area contributed by atoms with Crippen LogP contribution in [0.2, 0.25) is 0 Å². The lowest BCUT2D eigenvalue weighted by atomic mass is 9.76. The molecule has 1 rings (SSSR count). The zero-order valence-corrected chi connectivity index (χ0v) is 19.1. The lowest BCUT2D eigenvalue weighted by Crippen LogP contribution is -2.38. The predicted octanol–water partition coefficient (Wildman–Crippen LogP) is 7.83. The minimum atomic E-state index is -0.883. The van der Waals surface area contributed by atoms with Gasteiger partial charge in [-0.25, -0.2) is 0 Å². The molecule has 1 aromatic rings. The van der Waals surface area contributed by atoms with Crippen LogP contribution < -0.4 is 0 Å². The Morgan fingerprint density at radius 3 is 2.07 bits per heavy atom. The van der Waals surface area contributed by atoms with Crippen LogP contribution in [-0.4, -0.2) is 18.3 Å². The van der Waals surface area contributed by atoms with Gasteiger partial charge in [0.25, 0.3) is 0 Å². The number of esters is 1. The first-order valence-electron chi connectivity index (χ1n) is 11.4. The molecule has 0 radical (unpaired) electrons. The third-order valence-corrected chi connectivity index (χ3v) is 5.75. The minimum absolute atomic E-state index is 0.252. The summed E-state index contributed by atoms with van der Waals surface area (Å²) in [5, 5.41) is 0. The van der Waals surface area contributed by atoms with E-state index in [2.05, 4.69) is 13.5 Å². The molecule has 1 unspecified atom stereocenters. The summed E-state index contributed by atoms with van der Waals surface area (Å²) in [5.74, 6) is -0.252. The topological polar surface area (TPSA) is 38.7 Å². The molecular formula is C26H41NO2. The van der Waals surface area contributed by atoms with E-state index in [0.717, 1.165) is 29.8 Å². The molecule has 0 fully saturated rings. The van der Waals surface area contributed by atoms with Crippen LogP contribution in [0, 0.1) is 5.41 Å². The average Bonchev–Trinajstić information content (AvgIpc) is 2.72. The van der Waals surface area contributed by atoms with Crippen molar-refractivity contribution in [3.63, 3.8) is 0 Å². The van der Waals surface area contributed by atoms with Crippen molar-refractivity contribution in [3.8, 4) is 0 Å². The van der Waals surface area contributed by atoms with Crippen molar-refractivity contribution in [2.45, 2.75) is 91.9 Å². The van der Waals surface area contributed by atoms with Gasteiger partial charge in [0.15, 0.2) is 0 Å². The van der Waals surface area contributed by atoms with Gasteiger partial charge in [0, 0.05) is 5.71 Å². The van der Waals surface area contributed by atoms with Crippen LogP contribution in [-0.2, 0) is 9.53 Å². The van der Waals surface area contributed by atoms with Gasteiger partial charge in [0.2, 0.25) is 0 Å². The Kier molecular flexibility index (Phi) is 12.3. The Morgan fingerprint density at radius 2 is 1.52 bits per heavy atom.